The minimum atomic E-state index is -0.784. The predicted octanol–water partition coefficient (Wildman–Crippen LogP) is 2.91. The third-order valence-electron chi connectivity index (χ3n) is 2.57. The van der Waals surface area contributed by atoms with Crippen LogP contribution in [0, 0.1) is 5.82 Å². The number of nitrogens with zero attached hydrogens (tertiary/aromatic N) is 1. The molecule has 1 N–H and O–H groups in total. The quantitative estimate of drug-likeness (QED) is 0.829. The van der Waals surface area contributed by atoms with Crippen LogP contribution in [0.2, 0.25) is 0 Å². The summed E-state index contributed by atoms with van der Waals surface area (Å²) >= 11 is 0. The topological polar surface area (TPSA) is 40.5 Å². The monoisotopic (exact) mass is 239 g/mol. The van der Waals surface area contributed by atoms with Gasteiger partial charge in [0.2, 0.25) is 0 Å². The van der Waals surface area contributed by atoms with Gasteiger partial charge in [-0.3, -0.25) is 4.79 Å². The average molecular weight is 239 g/mol. The van der Waals surface area contributed by atoms with Crippen molar-refractivity contribution in [3.05, 3.63) is 30.1 Å². The maximum atomic E-state index is 12.8. The fraction of sp³-hybridized carbons (Fsp3) is 0.462. The molecule has 0 aliphatic heterocycles. The summed E-state index contributed by atoms with van der Waals surface area (Å²) in [6.45, 7) is 4.73. The van der Waals surface area contributed by atoms with Crippen LogP contribution in [0.5, 0.6) is 0 Å². The molecule has 1 rings (SSSR count). The zero-order valence-electron chi connectivity index (χ0n) is 10.2. The molecule has 0 saturated carbocycles. The Bertz CT molecular complexity index is 362. The van der Waals surface area contributed by atoms with Gasteiger partial charge in [0.15, 0.2) is 0 Å². The first-order valence-corrected chi connectivity index (χ1v) is 5.74. The molecule has 0 radical (unpaired) electrons. The Kier molecular flexibility index (Phi) is 4.94. The first kappa shape index (κ1) is 13.5. The Labute approximate surface area is 101 Å². The van der Waals surface area contributed by atoms with Crippen LogP contribution in [0.25, 0.3) is 0 Å². The Morgan fingerprint density at radius 2 is 1.94 bits per heavy atom. The van der Waals surface area contributed by atoms with E-state index in [1.165, 1.54) is 12.1 Å². The third kappa shape index (κ3) is 4.43. The molecule has 1 aromatic carbocycles. The molecular formula is C13H18FNO2. The molecule has 0 aliphatic carbocycles. The number of aliphatic carboxylic acids is 1. The summed E-state index contributed by atoms with van der Waals surface area (Å²) in [5, 5.41) is 8.60. The van der Waals surface area contributed by atoms with Crippen LogP contribution in [0.3, 0.4) is 0 Å². The van der Waals surface area contributed by atoms with Gasteiger partial charge in [0, 0.05) is 24.7 Å². The molecule has 0 amide bonds. The van der Waals surface area contributed by atoms with Crippen LogP contribution >= 0.6 is 0 Å². The fourth-order valence-electron chi connectivity index (χ4n) is 1.72. The summed E-state index contributed by atoms with van der Waals surface area (Å²) in [5.74, 6) is -1.05. The molecule has 0 spiro atoms. The molecule has 0 unspecified atom stereocenters. The Balaban J connectivity index is 2.65. The summed E-state index contributed by atoms with van der Waals surface area (Å²) in [7, 11) is 0. The zero-order chi connectivity index (χ0) is 12.8. The van der Waals surface area contributed by atoms with Gasteiger partial charge in [0.1, 0.15) is 5.82 Å². The van der Waals surface area contributed by atoms with E-state index in [1.54, 1.807) is 12.1 Å². The van der Waals surface area contributed by atoms with Gasteiger partial charge in [-0.05, 0) is 44.5 Å². The van der Waals surface area contributed by atoms with Crippen molar-refractivity contribution in [2.45, 2.75) is 32.7 Å². The van der Waals surface area contributed by atoms with Crippen molar-refractivity contribution in [2.24, 2.45) is 0 Å². The second-order valence-electron chi connectivity index (χ2n) is 4.26. The van der Waals surface area contributed by atoms with Crippen LogP contribution in [0.15, 0.2) is 24.3 Å². The van der Waals surface area contributed by atoms with Crippen LogP contribution in [0.1, 0.15) is 26.7 Å². The maximum absolute atomic E-state index is 12.8. The van der Waals surface area contributed by atoms with Gasteiger partial charge < -0.3 is 10.0 Å². The number of halogens is 1. The number of anilines is 1. The van der Waals surface area contributed by atoms with Gasteiger partial charge in [0.05, 0.1) is 0 Å². The van der Waals surface area contributed by atoms with Crippen molar-refractivity contribution >= 4 is 11.7 Å². The normalized spacial score (nSPS) is 10.6. The van der Waals surface area contributed by atoms with Crippen LogP contribution in [-0.4, -0.2) is 23.7 Å². The van der Waals surface area contributed by atoms with Gasteiger partial charge in [-0.25, -0.2) is 4.39 Å². The lowest BCUT2D eigenvalue weighted by atomic mass is 10.2. The lowest BCUT2D eigenvalue weighted by Crippen LogP contribution is -2.31. The molecule has 0 fully saturated rings. The van der Waals surface area contributed by atoms with E-state index in [0.717, 1.165) is 5.69 Å². The SMILES string of the molecule is CC(C)N(CCCC(=O)O)c1ccc(F)cc1. The van der Waals surface area contributed by atoms with E-state index in [1.807, 2.05) is 13.8 Å². The molecule has 0 atom stereocenters. The van der Waals surface area contributed by atoms with Crippen LogP contribution in [-0.2, 0) is 4.79 Å². The summed E-state index contributed by atoms with van der Waals surface area (Å²) in [4.78, 5) is 12.5. The van der Waals surface area contributed by atoms with Crippen molar-refractivity contribution in [1.29, 1.82) is 0 Å². The van der Waals surface area contributed by atoms with Crippen molar-refractivity contribution in [3.63, 3.8) is 0 Å². The fourth-order valence-corrected chi connectivity index (χ4v) is 1.72. The molecule has 0 heterocycles. The molecule has 4 heteroatoms. The molecular weight excluding hydrogens is 221 g/mol. The lowest BCUT2D eigenvalue weighted by molar-refractivity contribution is -0.137. The standard InChI is InChI=1S/C13H18FNO2/c1-10(2)15(9-3-4-13(16)17)12-7-5-11(14)6-8-12/h5-8,10H,3-4,9H2,1-2H3,(H,16,17). The number of benzene rings is 1. The van der Waals surface area contributed by atoms with Gasteiger partial charge in [-0.2, -0.15) is 0 Å². The van der Waals surface area contributed by atoms with E-state index < -0.39 is 5.97 Å². The van der Waals surface area contributed by atoms with E-state index in [0.29, 0.717) is 13.0 Å². The van der Waals surface area contributed by atoms with E-state index >= 15 is 0 Å². The number of carbonyl (C=O) groups is 1. The Morgan fingerprint density at radius 3 is 2.41 bits per heavy atom. The summed E-state index contributed by atoms with van der Waals surface area (Å²) in [6.07, 6.45) is 0.745. The van der Waals surface area contributed by atoms with Crippen molar-refractivity contribution in [2.75, 3.05) is 11.4 Å². The van der Waals surface area contributed by atoms with Crippen LogP contribution < -0.4 is 4.90 Å². The Morgan fingerprint density at radius 1 is 1.35 bits per heavy atom. The van der Waals surface area contributed by atoms with Crippen molar-refractivity contribution in [1.82, 2.24) is 0 Å². The predicted molar refractivity (Wildman–Crippen MR) is 65.8 cm³/mol. The molecule has 0 aromatic heterocycles. The van der Waals surface area contributed by atoms with Crippen LogP contribution in [0.4, 0.5) is 10.1 Å². The Hall–Kier alpha value is -1.58. The smallest absolute Gasteiger partial charge is 0.303 e. The second-order valence-corrected chi connectivity index (χ2v) is 4.26. The molecule has 0 saturated heterocycles. The lowest BCUT2D eigenvalue weighted by Gasteiger charge is -2.28. The van der Waals surface area contributed by atoms with Gasteiger partial charge in [-0.1, -0.05) is 0 Å². The molecule has 3 nitrogen and oxygen atoms in total. The van der Waals surface area contributed by atoms with Gasteiger partial charge >= 0.3 is 5.97 Å². The largest absolute Gasteiger partial charge is 0.481 e. The van der Waals surface area contributed by atoms with E-state index in [2.05, 4.69) is 4.90 Å². The summed E-state index contributed by atoms with van der Waals surface area (Å²) < 4.78 is 12.8. The summed E-state index contributed by atoms with van der Waals surface area (Å²) in [5.41, 5.74) is 0.923. The molecule has 1 aromatic rings. The molecule has 0 bridgehead atoms. The zero-order valence-corrected chi connectivity index (χ0v) is 10.2. The van der Waals surface area contributed by atoms with E-state index in [4.69, 9.17) is 5.11 Å². The number of hydrogen-bond donors (Lipinski definition) is 1. The average Bonchev–Trinajstić information content (AvgIpc) is 2.25. The highest BCUT2D eigenvalue weighted by molar-refractivity contribution is 5.66. The van der Waals surface area contributed by atoms with Gasteiger partial charge in [0.25, 0.3) is 0 Å². The number of carboxylic acid groups (broad SMARTS) is 1. The second kappa shape index (κ2) is 6.23. The minimum absolute atomic E-state index is 0.157. The van der Waals surface area contributed by atoms with Crippen molar-refractivity contribution in [3.8, 4) is 0 Å². The summed E-state index contributed by atoms with van der Waals surface area (Å²) in [6, 6.07) is 6.53. The molecule has 94 valence electrons. The first-order chi connectivity index (χ1) is 8.00. The number of hydrogen-bond acceptors (Lipinski definition) is 2. The highest BCUT2D eigenvalue weighted by atomic mass is 19.1. The maximum Gasteiger partial charge on any atom is 0.303 e. The third-order valence-corrected chi connectivity index (χ3v) is 2.57. The van der Waals surface area contributed by atoms with E-state index in [9.17, 15) is 9.18 Å². The van der Waals surface area contributed by atoms with Gasteiger partial charge in [-0.15, -0.1) is 0 Å². The highest BCUT2D eigenvalue weighted by Gasteiger charge is 2.10. The molecule has 0 aliphatic rings. The first-order valence-electron chi connectivity index (χ1n) is 5.74. The highest BCUT2D eigenvalue weighted by Crippen LogP contribution is 2.18. The van der Waals surface area contributed by atoms with E-state index in [-0.39, 0.29) is 18.3 Å². The number of carboxylic acids is 1. The van der Waals surface area contributed by atoms with Crippen molar-refractivity contribution < 1.29 is 14.3 Å². The molecule has 17 heavy (non-hydrogen) atoms. The number of rotatable bonds is 6. The minimum Gasteiger partial charge on any atom is -0.481 e.